The van der Waals surface area contributed by atoms with Crippen molar-refractivity contribution < 1.29 is 13.2 Å². The molecule has 2 aromatic rings. The lowest BCUT2D eigenvalue weighted by molar-refractivity contribution is 0.336. The first kappa shape index (κ1) is 20.7. The highest BCUT2D eigenvalue weighted by Crippen LogP contribution is 2.17. The van der Waals surface area contributed by atoms with Gasteiger partial charge in [-0.1, -0.05) is 36.4 Å². The third-order valence-corrected chi connectivity index (χ3v) is 5.18. The number of ether oxygens (including phenoxy) is 1. The number of hydrogen-bond donors (Lipinski definition) is 3. The standard InChI is InChI=1S/C19H26N4O3S/c1-3-26-18-12-8-7-9-16(18)15-22-19(20-2)21-13-14-23-27(24,25)17-10-5-4-6-11-17/h4-12,23H,3,13-15H2,1-2H3,(H2,20,21,22). The van der Waals surface area contributed by atoms with Gasteiger partial charge in [0.25, 0.3) is 0 Å². The van der Waals surface area contributed by atoms with E-state index in [1.165, 1.54) is 0 Å². The van der Waals surface area contributed by atoms with Crippen LogP contribution in [0.5, 0.6) is 5.75 Å². The van der Waals surface area contributed by atoms with E-state index in [-0.39, 0.29) is 11.4 Å². The van der Waals surface area contributed by atoms with E-state index >= 15 is 0 Å². The Morgan fingerprint density at radius 2 is 1.70 bits per heavy atom. The van der Waals surface area contributed by atoms with Gasteiger partial charge >= 0.3 is 0 Å². The highest BCUT2D eigenvalue weighted by Gasteiger charge is 2.12. The first-order valence-electron chi connectivity index (χ1n) is 8.76. The number of benzene rings is 2. The molecule has 2 rings (SSSR count). The van der Waals surface area contributed by atoms with Crippen molar-refractivity contribution in [2.24, 2.45) is 4.99 Å². The van der Waals surface area contributed by atoms with Crippen LogP contribution < -0.4 is 20.1 Å². The van der Waals surface area contributed by atoms with Gasteiger partial charge in [-0.15, -0.1) is 0 Å². The van der Waals surface area contributed by atoms with E-state index in [0.29, 0.717) is 25.7 Å². The maximum Gasteiger partial charge on any atom is 0.240 e. The molecule has 0 aliphatic rings. The Hall–Kier alpha value is -2.58. The summed E-state index contributed by atoms with van der Waals surface area (Å²) in [5.74, 6) is 1.42. The summed E-state index contributed by atoms with van der Waals surface area (Å²) >= 11 is 0. The van der Waals surface area contributed by atoms with Crippen LogP contribution in [0.25, 0.3) is 0 Å². The summed E-state index contributed by atoms with van der Waals surface area (Å²) in [7, 11) is -1.83. The molecule has 146 valence electrons. The first-order valence-corrected chi connectivity index (χ1v) is 10.2. The minimum atomic E-state index is -3.50. The number of guanidine groups is 1. The Kier molecular flexibility index (Phi) is 8.09. The van der Waals surface area contributed by atoms with Gasteiger partial charge in [0.2, 0.25) is 10.0 Å². The van der Waals surface area contributed by atoms with Gasteiger partial charge < -0.3 is 15.4 Å². The molecule has 2 aromatic carbocycles. The van der Waals surface area contributed by atoms with Crippen molar-refractivity contribution in [3.05, 3.63) is 60.2 Å². The second-order valence-corrected chi connectivity index (χ2v) is 7.37. The Bertz CT molecular complexity index is 839. The van der Waals surface area contributed by atoms with Gasteiger partial charge in [0.15, 0.2) is 5.96 Å². The quantitative estimate of drug-likeness (QED) is 0.345. The number of nitrogens with one attached hydrogen (secondary N) is 3. The normalized spacial score (nSPS) is 11.9. The lowest BCUT2D eigenvalue weighted by atomic mass is 10.2. The van der Waals surface area contributed by atoms with Crippen molar-refractivity contribution in [2.45, 2.75) is 18.4 Å². The number of para-hydroxylation sites is 1. The van der Waals surface area contributed by atoms with E-state index in [0.717, 1.165) is 11.3 Å². The fourth-order valence-corrected chi connectivity index (χ4v) is 3.45. The van der Waals surface area contributed by atoms with Gasteiger partial charge in [-0.2, -0.15) is 0 Å². The molecule has 3 N–H and O–H groups in total. The number of hydrogen-bond acceptors (Lipinski definition) is 4. The van der Waals surface area contributed by atoms with Crippen molar-refractivity contribution >= 4 is 16.0 Å². The maximum atomic E-state index is 12.2. The second kappa shape index (κ2) is 10.5. The van der Waals surface area contributed by atoms with Crippen LogP contribution in [0.15, 0.2) is 64.5 Å². The van der Waals surface area contributed by atoms with E-state index in [9.17, 15) is 8.42 Å². The summed E-state index contributed by atoms with van der Waals surface area (Å²) in [5, 5.41) is 6.28. The van der Waals surface area contributed by atoms with Gasteiger partial charge in [-0.3, -0.25) is 4.99 Å². The van der Waals surface area contributed by atoms with E-state index in [2.05, 4.69) is 20.3 Å². The molecule has 0 aliphatic carbocycles. The van der Waals surface area contributed by atoms with Gasteiger partial charge in [0, 0.05) is 32.2 Å². The molecule has 0 aliphatic heterocycles. The second-order valence-electron chi connectivity index (χ2n) is 5.60. The minimum absolute atomic E-state index is 0.244. The van der Waals surface area contributed by atoms with E-state index < -0.39 is 10.0 Å². The van der Waals surface area contributed by atoms with Crippen LogP contribution in [-0.2, 0) is 16.6 Å². The molecule has 0 aromatic heterocycles. The Labute approximate surface area is 160 Å². The molecular weight excluding hydrogens is 364 g/mol. The van der Waals surface area contributed by atoms with Gasteiger partial charge in [-0.25, -0.2) is 13.1 Å². The SMILES string of the molecule is CCOc1ccccc1CNC(=NC)NCCNS(=O)(=O)c1ccccc1. The van der Waals surface area contributed by atoms with Crippen LogP contribution in [0.2, 0.25) is 0 Å². The van der Waals surface area contributed by atoms with Gasteiger partial charge in [0.1, 0.15) is 5.75 Å². The molecule has 0 amide bonds. The maximum absolute atomic E-state index is 12.2. The van der Waals surface area contributed by atoms with E-state index in [4.69, 9.17) is 4.74 Å². The Morgan fingerprint density at radius 3 is 2.41 bits per heavy atom. The van der Waals surface area contributed by atoms with Crippen LogP contribution in [0.4, 0.5) is 0 Å². The van der Waals surface area contributed by atoms with E-state index in [1.54, 1.807) is 37.4 Å². The van der Waals surface area contributed by atoms with E-state index in [1.807, 2.05) is 31.2 Å². The molecule has 0 saturated carbocycles. The van der Waals surface area contributed by atoms with Crippen molar-refractivity contribution in [1.82, 2.24) is 15.4 Å². The molecule has 0 radical (unpaired) electrons. The fraction of sp³-hybridized carbons (Fsp3) is 0.316. The summed E-state index contributed by atoms with van der Waals surface area (Å²) in [4.78, 5) is 4.40. The third kappa shape index (κ3) is 6.58. The molecule has 27 heavy (non-hydrogen) atoms. The average Bonchev–Trinajstić information content (AvgIpc) is 2.69. The number of sulfonamides is 1. The largest absolute Gasteiger partial charge is 0.494 e. The molecular formula is C19H26N4O3S. The summed E-state index contributed by atoms with van der Waals surface area (Å²) < 4.78 is 32.5. The summed E-state index contributed by atoms with van der Waals surface area (Å²) in [6.45, 7) is 3.74. The highest BCUT2D eigenvalue weighted by molar-refractivity contribution is 7.89. The number of aliphatic imine (C=N–C) groups is 1. The number of rotatable bonds is 9. The zero-order valence-electron chi connectivity index (χ0n) is 15.6. The molecule has 0 heterocycles. The van der Waals surface area contributed by atoms with Gasteiger partial charge in [0.05, 0.1) is 11.5 Å². The monoisotopic (exact) mass is 390 g/mol. The Morgan fingerprint density at radius 1 is 1.00 bits per heavy atom. The molecule has 0 unspecified atom stereocenters. The summed E-state index contributed by atoms with van der Waals surface area (Å²) in [6, 6.07) is 16.1. The third-order valence-electron chi connectivity index (χ3n) is 3.71. The predicted molar refractivity (Wildman–Crippen MR) is 107 cm³/mol. The molecule has 0 spiro atoms. The zero-order valence-corrected chi connectivity index (χ0v) is 16.4. The summed E-state index contributed by atoms with van der Waals surface area (Å²) in [6.07, 6.45) is 0. The molecule has 7 nitrogen and oxygen atoms in total. The van der Waals surface area contributed by atoms with Crippen molar-refractivity contribution in [1.29, 1.82) is 0 Å². The summed E-state index contributed by atoms with van der Waals surface area (Å²) in [5.41, 5.74) is 1.02. The minimum Gasteiger partial charge on any atom is -0.494 e. The van der Waals surface area contributed by atoms with Crippen LogP contribution in [0.3, 0.4) is 0 Å². The average molecular weight is 391 g/mol. The zero-order chi connectivity index (χ0) is 19.5. The topological polar surface area (TPSA) is 91.8 Å². The first-order chi connectivity index (χ1) is 13.1. The van der Waals surface area contributed by atoms with Crippen LogP contribution in [0, 0.1) is 0 Å². The van der Waals surface area contributed by atoms with Crippen molar-refractivity contribution in [3.8, 4) is 5.75 Å². The van der Waals surface area contributed by atoms with Crippen molar-refractivity contribution in [2.75, 3.05) is 26.7 Å². The lowest BCUT2D eigenvalue weighted by Crippen LogP contribution is -2.41. The molecule has 0 bridgehead atoms. The highest BCUT2D eigenvalue weighted by atomic mass is 32.2. The Balaban J connectivity index is 1.80. The van der Waals surface area contributed by atoms with Crippen LogP contribution in [-0.4, -0.2) is 41.1 Å². The fourth-order valence-electron chi connectivity index (χ4n) is 2.40. The lowest BCUT2D eigenvalue weighted by Gasteiger charge is -2.14. The predicted octanol–water partition coefficient (Wildman–Crippen LogP) is 1.73. The molecule has 0 fully saturated rings. The molecule has 8 heteroatoms. The van der Waals surface area contributed by atoms with Gasteiger partial charge in [-0.05, 0) is 25.1 Å². The molecule has 0 saturated heterocycles. The van der Waals surface area contributed by atoms with Crippen LogP contribution in [0.1, 0.15) is 12.5 Å². The smallest absolute Gasteiger partial charge is 0.240 e. The van der Waals surface area contributed by atoms with Crippen molar-refractivity contribution in [3.63, 3.8) is 0 Å². The number of nitrogens with zero attached hydrogens (tertiary/aromatic N) is 1. The van der Waals surface area contributed by atoms with Crippen LogP contribution >= 0.6 is 0 Å². The molecule has 0 atom stereocenters.